The summed E-state index contributed by atoms with van der Waals surface area (Å²) < 4.78 is 8.33. The molecule has 0 fully saturated rings. The summed E-state index contributed by atoms with van der Waals surface area (Å²) in [6.45, 7) is 6.71. The molecule has 0 N–H and O–H groups in total. The number of aromatic nitrogens is 3. The standard InChI is InChI=1S/C20H27N5O2S/c1-5-25-17(10-11-21-25)19(26)24(13-7-12-23(3)4)20-22-16-9-8-15(27-6-2)14-18(16)28-20/h8-11,14H,5-7,12-13H2,1-4H3. The second-order valence-corrected chi connectivity index (χ2v) is 7.71. The van der Waals surface area contributed by atoms with E-state index in [4.69, 9.17) is 9.72 Å². The molecular formula is C20H27N5O2S. The van der Waals surface area contributed by atoms with Crippen molar-refractivity contribution in [2.45, 2.75) is 26.8 Å². The number of hydrogen-bond acceptors (Lipinski definition) is 6. The zero-order valence-electron chi connectivity index (χ0n) is 16.9. The Kier molecular flexibility index (Phi) is 6.64. The Morgan fingerprint density at radius 2 is 2.04 bits per heavy atom. The van der Waals surface area contributed by atoms with Crippen LogP contribution in [0.1, 0.15) is 30.8 Å². The predicted molar refractivity (Wildman–Crippen MR) is 114 cm³/mol. The number of benzene rings is 1. The largest absolute Gasteiger partial charge is 0.494 e. The minimum Gasteiger partial charge on any atom is -0.494 e. The number of ether oxygens (including phenoxy) is 1. The summed E-state index contributed by atoms with van der Waals surface area (Å²) in [7, 11) is 4.07. The maximum absolute atomic E-state index is 13.3. The van der Waals surface area contributed by atoms with Crippen molar-refractivity contribution in [3.05, 3.63) is 36.2 Å². The fraction of sp³-hybridized carbons (Fsp3) is 0.450. The van der Waals surface area contributed by atoms with Crippen LogP contribution in [0.15, 0.2) is 30.5 Å². The van der Waals surface area contributed by atoms with E-state index < -0.39 is 0 Å². The molecule has 0 aliphatic carbocycles. The number of amides is 1. The maximum Gasteiger partial charge on any atom is 0.278 e. The Morgan fingerprint density at radius 1 is 1.21 bits per heavy atom. The van der Waals surface area contributed by atoms with Gasteiger partial charge in [-0.1, -0.05) is 11.3 Å². The number of fused-ring (bicyclic) bond motifs is 1. The fourth-order valence-electron chi connectivity index (χ4n) is 3.00. The number of aryl methyl sites for hydroxylation is 1. The number of hydrogen-bond donors (Lipinski definition) is 0. The number of thiazole rings is 1. The minimum atomic E-state index is -0.0674. The number of rotatable bonds is 9. The van der Waals surface area contributed by atoms with Crippen LogP contribution in [0.3, 0.4) is 0 Å². The topological polar surface area (TPSA) is 63.5 Å². The van der Waals surface area contributed by atoms with E-state index in [2.05, 4.69) is 10.00 Å². The van der Waals surface area contributed by atoms with E-state index in [1.54, 1.807) is 21.8 Å². The van der Waals surface area contributed by atoms with Crippen molar-refractivity contribution >= 4 is 32.6 Å². The molecule has 1 amide bonds. The van der Waals surface area contributed by atoms with E-state index in [9.17, 15) is 4.79 Å². The quantitative estimate of drug-likeness (QED) is 0.549. The molecule has 0 atom stereocenters. The van der Waals surface area contributed by atoms with E-state index in [1.807, 2.05) is 46.1 Å². The van der Waals surface area contributed by atoms with Gasteiger partial charge in [-0.05, 0) is 65.2 Å². The molecule has 2 aromatic heterocycles. The van der Waals surface area contributed by atoms with E-state index in [0.29, 0.717) is 30.5 Å². The van der Waals surface area contributed by atoms with Crippen molar-refractivity contribution in [1.29, 1.82) is 0 Å². The average molecular weight is 402 g/mol. The van der Waals surface area contributed by atoms with Crippen LogP contribution in [0.2, 0.25) is 0 Å². The van der Waals surface area contributed by atoms with Crippen molar-refractivity contribution in [3.63, 3.8) is 0 Å². The van der Waals surface area contributed by atoms with Crippen LogP contribution in [-0.2, 0) is 6.54 Å². The monoisotopic (exact) mass is 401 g/mol. The van der Waals surface area contributed by atoms with Crippen LogP contribution in [0, 0.1) is 0 Å². The molecule has 28 heavy (non-hydrogen) atoms. The Bertz CT molecular complexity index is 934. The summed E-state index contributed by atoms with van der Waals surface area (Å²) in [5.41, 5.74) is 1.46. The molecule has 2 heterocycles. The molecule has 0 aliphatic rings. The lowest BCUT2D eigenvalue weighted by Gasteiger charge is -2.21. The van der Waals surface area contributed by atoms with Crippen LogP contribution in [0.25, 0.3) is 10.2 Å². The van der Waals surface area contributed by atoms with Crippen molar-refractivity contribution in [2.24, 2.45) is 0 Å². The third-order valence-corrected chi connectivity index (χ3v) is 5.40. The first-order valence-electron chi connectivity index (χ1n) is 9.55. The zero-order valence-corrected chi connectivity index (χ0v) is 17.7. The van der Waals surface area contributed by atoms with E-state index in [0.717, 1.165) is 28.9 Å². The molecule has 0 aliphatic heterocycles. The van der Waals surface area contributed by atoms with Crippen molar-refractivity contribution < 1.29 is 9.53 Å². The van der Waals surface area contributed by atoms with E-state index >= 15 is 0 Å². The molecule has 0 saturated heterocycles. The molecule has 0 bridgehead atoms. The highest BCUT2D eigenvalue weighted by atomic mass is 32.1. The summed E-state index contributed by atoms with van der Waals surface area (Å²) in [6, 6.07) is 7.61. The Balaban J connectivity index is 1.93. The van der Waals surface area contributed by atoms with Gasteiger partial charge >= 0.3 is 0 Å². The average Bonchev–Trinajstić information content (AvgIpc) is 3.30. The highest BCUT2D eigenvalue weighted by Crippen LogP contribution is 2.32. The van der Waals surface area contributed by atoms with Gasteiger partial charge < -0.3 is 9.64 Å². The molecular weight excluding hydrogens is 374 g/mol. The molecule has 0 saturated carbocycles. The first kappa shape index (κ1) is 20.3. The Labute approximate surface area is 169 Å². The first-order valence-corrected chi connectivity index (χ1v) is 10.4. The van der Waals surface area contributed by atoms with Crippen LogP contribution >= 0.6 is 11.3 Å². The van der Waals surface area contributed by atoms with Gasteiger partial charge in [-0.25, -0.2) is 4.98 Å². The molecule has 0 radical (unpaired) electrons. The lowest BCUT2D eigenvalue weighted by molar-refractivity contribution is 0.0975. The van der Waals surface area contributed by atoms with Crippen molar-refractivity contribution in [3.8, 4) is 5.75 Å². The van der Waals surface area contributed by atoms with Gasteiger partial charge in [-0.3, -0.25) is 14.4 Å². The summed E-state index contributed by atoms with van der Waals surface area (Å²) in [6.07, 6.45) is 2.53. The maximum atomic E-state index is 13.3. The molecule has 0 spiro atoms. The summed E-state index contributed by atoms with van der Waals surface area (Å²) >= 11 is 1.51. The van der Waals surface area contributed by atoms with Gasteiger partial charge in [-0.15, -0.1) is 0 Å². The molecule has 1 aromatic carbocycles. The van der Waals surface area contributed by atoms with E-state index in [1.165, 1.54) is 11.3 Å². The number of carbonyl (C=O) groups is 1. The Hall–Kier alpha value is -2.45. The van der Waals surface area contributed by atoms with Gasteiger partial charge in [0.25, 0.3) is 5.91 Å². The normalized spacial score (nSPS) is 11.3. The minimum absolute atomic E-state index is 0.0674. The third-order valence-electron chi connectivity index (χ3n) is 4.36. The number of anilines is 1. The lowest BCUT2D eigenvalue weighted by atomic mass is 10.3. The highest BCUT2D eigenvalue weighted by molar-refractivity contribution is 7.22. The summed E-state index contributed by atoms with van der Waals surface area (Å²) in [4.78, 5) is 21.9. The highest BCUT2D eigenvalue weighted by Gasteiger charge is 2.24. The van der Waals surface area contributed by atoms with Gasteiger partial charge in [0.15, 0.2) is 5.13 Å². The van der Waals surface area contributed by atoms with Crippen molar-refractivity contribution in [1.82, 2.24) is 19.7 Å². The summed E-state index contributed by atoms with van der Waals surface area (Å²) in [5, 5.41) is 4.95. The molecule has 8 heteroatoms. The zero-order chi connectivity index (χ0) is 20.1. The van der Waals surface area contributed by atoms with Gasteiger partial charge in [-0.2, -0.15) is 5.10 Å². The van der Waals surface area contributed by atoms with Gasteiger partial charge in [0.2, 0.25) is 0 Å². The molecule has 150 valence electrons. The fourth-order valence-corrected chi connectivity index (χ4v) is 4.02. The molecule has 7 nitrogen and oxygen atoms in total. The smallest absolute Gasteiger partial charge is 0.278 e. The second kappa shape index (κ2) is 9.16. The summed E-state index contributed by atoms with van der Waals surface area (Å²) in [5.74, 6) is 0.752. The van der Waals surface area contributed by atoms with E-state index in [-0.39, 0.29) is 5.91 Å². The van der Waals surface area contributed by atoms with Gasteiger partial charge in [0.05, 0.1) is 16.8 Å². The van der Waals surface area contributed by atoms with Gasteiger partial charge in [0, 0.05) is 19.3 Å². The van der Waals surface area contributed by atoms with Crippen LogP contribution in [0.5, 0.6) is 5.75 Å². The van der Waals surface area contributed by atoms with Crippen LogP contribution in [-0.4, -0.2) is 59.4 Å². The molecule has 3 aromatic rings. The van der Waals surface area contributed by atoms with Gasteiger partial charge in [0.1, 0.15) is 11.4 Å². The SMILES string of the molecule is CCOc1ccc2nc(N(CCCN(C)C)C(=O)c3ccnn3CC)sc2c1. The first-order chi connectivity index (χ1) is 13.5. The van der Waals surface area contributed by atoms with Crippen LogP contribution in [0.4, 0.5) is 5.13 Å². The second-order valence-electron chi connectivity index (χ2n) is 6.70. The third kappa shape index (κ3) is 4.51. The number of nitrogens with zero attached hydrogens (tertiary/aromatic N) is 5. The molecule has 3 rings (SSSR count). The van der Waals surface area contributed by atoms with Crippen LogP contribution < -0.4 is 9.64 Å². The Morgan fingerprint density at radius 3 is 2.75 bits per heavy atom. The number of carbonyl (C=O) groups excluding carboxylic acids is 1. The van der Waals surface area contributed by atoms with Crippen molar-refractivity contribution in [2.75, 3.05) is 38.7 Å². The lowest BCUT2D eigenvalue weighted by Crippen LogP contribution is -2.34. The molecule has 0 unspecified atom stereocenters. The predicted octanol–water partition coefficient (Wildman–Crippen LogP) is 3.51.